The monoisotopic (exact) mass is 208 g/mol. The van der Waals surface area contributed by atoms with Gasteiger partial charge in [-0.25, -0.2) is 0 Å². The first-order valence-corrected chi connectivity index (χ1v) is 5.29. The van der Waals surface area contributed by atoms with Crippen molar-refractivity contribution >= 4 is 11.7 Å². The van der Waals surface area contributed by atoms with Crippen LogP contribution in [-0.2, 0) is 11.2 Å². The van der Waals surface area contributed by atoms with E-state index >= 15 is 0 Å². The number of rotatable bonds is 3. The minimum Gasteiger partial charge on any atom is -0.330 e. The van der Waals surface area contributed by atoms with Gasteiger partial charge in [0.2, 0.25) is 5.91 Å². The molecule has 1 aliphatic heterocycles. The molecule has 1 saturated heterocycles. The normalized spacial score (nSPS) is 21.3. The zero-order valence-corrected chi connectivity index (χ0v) is 8.86. The van der Waals surface area contributed by atoms with Crippen LogP contribution >= 0.6 is 0 Å². The third-order valence-corrected chi connectivity index (χ3v) is 2.81. The molecule has 1 unspecified atom stereocenters. The molecule has 15 heavy (non-hydrogen) atoms. The highest BCUT2D eigenvalue weighted by molar-refractivity contribution is 5.94. The summed E-state index contributed by atoms with van der Waals surface area (Å²) >= 11 is 0. The topological polar surface area (TPSA) is 75.0 Å². The summed E-state index contributed by atoms with van der Waals surface area (Å²) in [7, 11) is 0. The minimum atomic E-state index is 0.125. The van der Waals surface area contributed by atoms with Crippen LogP contribution in [0.4, 0.5) is 5.82 Å². The van der Waals surface area contributed by atoms with Crippen LogP contribution < -0.4 is 10.6 Å². The molecule has 82 valence electrons. The predicted octanol–water partition coefficient (Wildman–Crippen LogP) is 0.284. The van der Waals surface area contributed by atoms with Gasteiger partial charge in [-0.05, 0) is 18.9 Å². The molecule has 0 aromatic carbocycles. The third-order valence-electron chi connectivity index (χ3n) is 2.81. The molecule has 1 amide bonds. The number of carbonyl (C=O) groups is 1. The molecule has 2 rings (SSSR count). The number of H-pyrrole nitrogens is 1. The molecule has 3 N–H and O–H groups in total. The fourth-order valence-electron chi connectivity index (χ4n) is 1.83. The van der Waals surface area contributed by atoms with Crippen LogP contribution in [-0.4, -0.2) is 29.2 Å². The second-order valence-corrected chi connectivity index (χ2v) is 3.92. The number of carbonyl (C=O) groups excluding carboxylic acids is 1. The van der Waals surface area contributed by atoms with Gasteiger partial charge in [-0.2, -0.15) is 5.10 Å². The van der Waals surface area contributed by atoms with E-state index in [1.54, 1.807) is 4.90 Å². The van der Waals surface area contributed by atoms with Gasteiger partial charge in [0, 0.05) is 24.7 Å². The molecule has 1 aromatic rings. The summed E-state index contributed by atoms with van der Waals surface area (Å²) in [5.74, 6) is 1.13. The summed E-state index contributed by atoms with van der Waals surface area (Å²) in [5, 5.41) is 7.04. The van der Waals surface area contributed by atoms with Crippen molar-refractivity contribution in [3.63, 3.8) is 0 Å². The number of hydrogen-bond donors (Lipinski definition) is 2. The molecule has 0 spiro atoms. The van der Waals surface area contributed by atoms with Crippen molar-refractivity contribution in [1.82, 2.24) is 10.2 Å². The average molecular weight is 208 g/mol. The zero-order chi connectivity index (χ0) is 10.8. The average Bonchev–Trinajstić information content (AvgIpc) is 2.83. The number of amides is 1. The number of hydrogen-bond acceptors (Lipinski definition) is 3. The molecule has 0 bridgehead atoms. The Hall–Kier alpha value is -1.36. The van der Waals surface area contributed by atoms with Crippen LogP contribution in [0.3, 0.4) is 0 Å². The fourth-order valence-corrected chi connectivity index (χ4v) is 1.83. The van der Waals surface area contributed by atoms with Crippen LogP contribution in [0.1, 0.15) is 19.0 Å². The quantitative estimate of drug-likeness (QED) is 0.749. The van der Waals surface area contributed by atoms with E-state index in [1.165, 1.54) is 0 Å². The first-order chi connectivity index (χ1) is 7.24. The summed E-state index contributed by atoms with van der Waals surface area (Å²) in [6.07, 6.45) is 1.44. The Kier molecular flexibility index (Phi) is 2.73. The molecule has 2 heterocycles. The first kappa shape index (κ1) is 10.2. The van der Waals surface area contributed by atoms with Gasteiger partial charge in [0.15, 0.2) is 5.82 Å². The lowest BCUT2D eigenvalue weighted by Gasteiger charge is -2.12. The lowest BCUT2D eigenvalue weighted by atomic mass is 10.1. The third kappa shape index (κ3) is 1.87. The number of nitrogens with two attached hydrogens (primary N) is 1. The van der Waals surface area contributed by atoms with Gasteiger partial charge < -0.3 is 5.73 Å². The molecule has 1 aromatic heterocycles. The van der Waals surface area contributed by atoms with Crippen LogP contribution in [0.2, 0.25) is 0 Å². The standard InChI is InChI=1S/C10H16N4O/c1-2-8-4-9(13-12-8)14-6-7(5-11)3-10(14)15/h4,7H,2-3,5-6,11H2,1H3,(H,12,13). The van der Waals surface area contributed by atoms with E-state index in [0.717, 1.165) is 17.9 Å². The number of aromatic nitrogens is 2. The van der Waals surface area contributed by atoms with E-state index in [-0.39, 0.29) is 11.8 Å². The van der Waals surface area contributed by atoms with Crippen molar-refractivity contribution in [2.45, 2.75) is 19.8 Å². The Bertz CT molecular complexity index is 360. The second kappa shape index (κ2) is 4.02. The molecule has 1 aliphatic rings. The lowest BCUT2D eigenvalue weighted by Crippen LogP contribution is -2.26. The summed E-state index contributed by atoms with van der Waals surface area (Å²) in [6, 6.07) is 1.93. The van der Waals surface area contributed by atoms with E-state index in [4.69, 9.17) is 5.73 Å². The molecule has 5 nitrogen and oxygen atoms in total. The van der Waals surface area contributed by atoms with Gasteiger partial charge in [0.25, 0.3) is 0 Å². The molecular weight excluding hydrogens is 192 g/mol. The Labute approximate surface area is 88.6 Å². The summed E-state index contributed by atoms with van der Waals surface area (Å²) < 4.78 is 0. The van der Waals surface area contributed by atoms with Crippen molar-refractivity contribution in [3.05, 3.63) is 11.8 Å². The molecule has 0 radical (unpaired) electrons. The molecule has 1 fully saturated rings. The maximum Gasteiger partial charge on any atom is 0.228 e. The van der Waals surface area contributed by atoms with Crippen molar-refractivity contribution in [1.29, 1.82) is 0 Å². The number of aromatic amines is 1. The van der Waals surface area contributed by atoms with Gasteiger partial charge >= 0.3 is 0 Å². The summed E-state index contributed by atoms with van der Waals surface area (Å²) in [5.41, 5.74) is 6.61. The molecule has 1 atom stereocenters. The molecular formula is C10H16N4O. The van der Waals surface area contributed by atoms with E-state index in [9.17, 15) is 4.79 Å². The lowest BCUT2D eigenvalue weighted by molar-refractivity contribution is -0.117. The minimum absolute atomic E-state index is 0.125. The Morgan fingerprint density at radius 3 is 3.07 bits per heavy atom. The van der Waals surface area contributed by atoms with Gasteiger partial charge in [-0.15, -0.1) is 0 Å². The Balaban J connectivity index is 2.14. The van der Waals surface area contributed by atoms with Gasteiger partial charge in [-0.1, -0.05) is 6.92 Å². The second-order valence-electron chi connectivity index (χ2n) is 3.92. The summed E-state index contributed by atoms with van der Waals surface area (Å²) in [4.78, 5) is 13.4. The van der Waals surface area contributed by atoms with Crippen LogP contribution in [0, 0.1) is 5.92 Å². The number of nitrogens with one attached hydrogen (secondary N) is 1. The van der Waals surface area contributed by atoms with Gasteiger partial charge in [-0.3, -0.25) is 14.8 Å². The van der Waals surface area contributed by atoms with Gasteiger partial charge in [0.05, 0.1) is 0 Å². The van der Waals surface area contributed by atoms with Crippen molar-refractivity contribution in [2.75, 3.05) is 18.0 Å². The maximum atomic E-state index is 11.7. The van der Waals surface area contributed by atoms with Crippen molar-refractivity contribution in [3.8, 4) is 0 Å². The van der Waals surface area contributed by atoms with Crippen LogP contribution in [0.15, 0.2) is 6.07 Å². The predicted molar refractivity (Wildman–Crippen MR) is 57.5 cm³/mol. The Morgan fingerprint density at radius 2 is 2.53 bits per heavy atom. The number of anilines is 1. The number of nitrogens with zero attached hydrogens (tertiary/aromatic N) is 2. The smallest absolute Gasteiger partial charge is 0.228 e. The molecule has 0 aliphatic carbocycles. The van der Waals surface area contributed by atoms with Crippen LogP contribution in [0.5, 0.6) is 0 Å². The van der Waals surface area contributed by atoms with E-state index < -0.39 is 0 Å². The highest BCUT2D eigenvalue weighted by Gasteiger charge is 2.30. The molecule has 0 saturated carbocycles. The number of aryl methyl sites for hydroxylation is 1. The highest BCUT2D eigenvalue weighted by atomic mass is 16.2. The van der Waals surface area contributed by atoms with E-state index in [1.807, 2.05) is 13.0 Å². The van der Waals surface area contributed by atoms with Crippen molar-refractivity contribution in [2.24, 2.45) is 11.7 Å². The first-order valence-electron chi connectivity index (χ1n) is 5.29. The summed E-state index contributed by atoms with van der Waals surface area (Å²) in [6.45, 7) is 3.31. The van der Waals surface area contributed by atoms with Crippen LogP contribution in [0.25, 0.3) is 0 Å². The van der Waals surface area contributed by atoms with E-state index in [2.05, 4.69) is 10.2 Å². The Morgan fingerprint density at radius 1 is 1.73 bits per heavy atom. The fraction of sp³-hybridized carbons (Fsp3) is 0.600. The zero-order valence-electron chi connectivity index (χ0n) is 8.86. The van der Waals surface area contributed by atoms with Crippen molar-refractivity contribution < 1.29 is 4.79 Å². The largest absolute Gasteiger partial charge is 0.330 e. The maximum absolute atomic E-state index is 11.7. The SMILES string of the molecule is CCc1cc(N2CC(CN)CC2=O)n[nH]1. The highest BCUT2D eigenvalue weighted by Crippen LogP contribution is 2.23. The van der Waals surface area contributed by atoms with Gasteiger partial charge in [0.1, 0.15) is 0 Å². The van der Waals surface area contributed by atoms with E-state index in [0.29, 0.717) is 19.5 Å². The molecule has 5 heteroatoms.